The number of likely N-dealkylation sites (tertiary alicyclic amines) is 1. The molecule has 0 aromatic heterocycles. The smallest absolute Gasteiger partial charge is 0.451 e. The molecule has 15 heavy (non-hydrogen) atoms. The fourth-order valence-electron chi connectivity index (χ4n) is 2.14. The Kier molecular flexibility index (Phi) is 4.57. The van der Waals surface area contributed by atoms with Gasteiger partial charge in [-0.05, 0) is 39.1 Å². The first-order chi connectivity index (χ1) is 7.02. The Labute approximate surface area is 89.8 Å². The Bertz CT molecular complexity index is 224. The Morgan fingerprint density at radius 2 is 2.13 bits per heavy atom. The third-order valence-electron chi connectivity index (χ3n) is 2.99. The van der Waals surface area contributed by atoms with Crippen LogP contribution in [0.2, 0.25) is 6.32 Å². The van der Waals surface area contributed by atoms with Gasteiger partial charge < -0.3 is 15.2 Å². The van der Waals surface area contributed by atoms with Gasteiger partial charge in [-0.3, -0.25) is 9.69 Å². The quantitative estimate of drug-likeness (QED) is 0.552. The number of hydrogen-bond acceptors (Lipinski definition) is 4. The van der Waals surface area contributed by atoms with Crippen molar-refractivity contribution < 1.29 is 19.9 Å². The molecule has 0 radical (unpaired) electrons. The summed E-state index contributed by atoms with van der Waals surface area (Å²) in [5.41, 5.74) is 0. The van der Waals surface area contributed by atoms with Crippen LogP contribution in [0, 0.1) is 0 Å². The molecule has 0 aromatic rings. The van der Waals surface area contributed by atoms with Gasteiger partial charge in [-0.25, -0.2) is 0 Å². The maximum atomic E-state index is 10.9. The van der Waals surface area contributed by atoms with Crippen LogP contribution >= 0.6 is 0 Å². The highest BCUT2D eigenvalue weighted by atomic mass is 16.4. The topological polar surface area (TPSA) is 81.0 Å². The molecule has 0 aliphatic carbocycles. The number of rotatable bonds is 5. The molecule has 0 bridgehead atoms. The molecule has 2 atom stereocenters. The van der Waals surface area contributed by atoms with E-state index in [0.717, 1.165) is 6.42 Å². The second-order valence-corrected chi connectivity index (χ2v) is 4.14. The summed E-state index contributed by atoms with van der Waals surface area (Å²) >= 11 is 0. The summed E-state index contributed by atoms with van der Waals surface area (Å²) in [6.07, 6.45) is 2.51. The first-order valence-electron chi connectivity index (χ1n) is 5.37. The van der Waals surface area contributed by atoms with E-state index in [0.29, 0.717) is 25.7 Å². The van der Waals surface area contributed by atoms with Crippen molar-refractivity contribution in [3.05, 3.63) is 0 Å². The largest absolute Gasteiger partial charge is 0.480 e. The zero-order chi connectivity index (χ0) is 11.4. The van der Waals surface area contributed by atoms with Gasteiger partial charge in [-0.2, -0.15) is 0 Å². The summed E-state index contributed by atoms with van der Waals surface area (Å²) in [4.78, 5) is 12.8. The Morgan fingerprint density at radius 1 is 1.47 bits per heavy atom. The van der Waals surface area contributed by atoms with Crippen LogP contribution in [0.4, 0.5) is 0 Å². The molecule has 5 nitrogen and oxygen atoms in total. The van der Waals surface area contributed by atoms with E-state index in [-0.39, 0.29) is 6.04 Å². The standard InChI is InChI=1S/C9H18BNO4/c1-7-3-4-8(9(12)13)11(7)6-2-5-10(14)15/h7-8,14-15H,2-6H2,1H3,(H,12,13). The predicted octanol–water partition coefficient (Wildman–Crippen LogP) is -0.213. The molecule has 1 saturated heterocycles. The zero-order valence-corrected chi connectivity index (χ0v) is 8.96. The molecule has 0 spiro atoms. The monoisotopic (exact) mass is 215 g/mol. The first kappa shape index (κ1) is 12.5. The van der Waals surface area contributed by atoms with Crippen LogP contribution < -0.4 is 0 Å². The van der Waals surface area contributed by atoms with Gasteiger partial charge in [-0.15, -0.1) is 0 Å². The third-order valence-corrected chi connectivity index (χ3v) is 2.99. The zero-order valence-electron chi connectivity index (χ0n) is 8.96. The van der Waals surface area contributed by atoms with Crippen molar-refractivity contribution in [2.45, 2.75) is 44.6 Å². The fourth-order valence-corrected chi connectivity index (χ4v) is 2.14. The van der Waals surface area contributed by atoms with E-state index in [9.17, 15) is 4.79 Å². The molecule has 1 rings (SSSR count). The highest BCUT2D eigenvalue weighted by Crippen LogP contribution is 2.24. The number of hydrogen-bond donors (Lipinski definition) is 3. The Morgan fingerprint density at radius 3 is 2.67 bits per heavy atom. The lowest BCUT2D eigenvalue weighted by Gasteiger charge is -2.25. The van der Waals surface area contributed by atoms with Gasteiger partial charge in [0, 0.05) is 6.04 Å². The molecule has 1 heterocycles. The van der Waals surface area contributed by atoms with Crippen molar-refractivity contribution in [3.63, 3.8) is 0 Å². The number of carboxylic acids is 1. The van der Waals surface area contributed by atoms with Crippen molar-refractivity contribution in [1.29, 1.82) is 0 Å². The van der Waals surface area contributed by atoms with Crippen LogP contribution in [0.25, 0.3) is 0 Å². The normalized spacial score (nSPS) is 26.9. The van der Waals surface area contributed by atoms with Crippen molar-refractivity contribution in [2.24, 2.45) is 0 Å². The van der Waals surface area contributed by atoms with E-state index in [1.54, 1.807) is 0 Å². The van der Waals surface area contributed by atoms with Crippen LogP contribution in [-0.4, -0.2) is 51.8 Å². The van der Waals surface area contributed by atoms with E-state index < -0.39 is 19.1 Å². The summed E-state index contributed by atoms with van der Waals surface area (Å²) in [5.74, 6) is -0.774. The number of nitrogens with zero attached hydrogens (tertiary/aromatic N) is 1. The molecule has 0 aromatic carbocycles. The molecule has 0 saturated carbocycles. The highest BCUT2D eigenvalue weighted by Gasteiger charge is 2.34. The van der Waals surface area contributed by atoms with Gasteiger partial charge in [-0.1, -0.05) is 0 Å². The fraction of sp³-hybridized carbons (Fsp3) is 0.889. The predicted molar refractivity (Wildman–Crippen MR) is 56.4 cm³/mol. The van der Waals surface area contributed by atoms with Gasteiger partial charge in [0.15, 0.2) is 0 Å². The van der Waals surface area contributed by atoms with Crippen LogP contribution in [0.3, 0.4) is 0 Å². The van der Waals surface area contributed by atoms with Gasteiger partial charge >= 0.3 is 13.1 Å². The van der Waals surface area contributed by atoms with Crippen LogP contribution in [0.1, 0.15) is 26.2 Å². The van der Waals surface area contributed by atoms with E-state index in [2.05, 4.69) is 0 Å². The minimum absolute atomic E-state index is 0.280. The molecule has 0 amide bonds. The molecule has 2 unspecified atom stereocenters. The maximum Gasteiger partial charge on any atom is 0.451 e. The second-order valence-electron chi connectivity index (χ2n) is 4.14. The lowest BCUT2D eigenvalue weighted by molar-refractivity contribution is -0.142. The van der Waals surface area contributed by atoms with Gasteiger partial charge in [0.05, 0.1) is 0 Å². The Balaban J connectivity index is 2.39. The first-order valence-corrected chi connectivity index (χ1v) is 5.37. The SMILES string of the molecule is CC1CCC(C(=O)O)N1CCCB(O)O. The molecule has 86 valence electrons. The molecule has 6 heteroatoms. The number of carboxylic acid groups (broad SMARTS) is 1. The van der Waals surface area contributed by atoms with E-state index in [1.807, 2.05) is 11.8 Å². The van der Waals surface area contributed by atoms with Crippen LogP contribution in [0.5, 0.6) is 0 Å². The van der Waals surface area contributed by atoms with Gasteiger partial charge in [0.25, 0.3) is 0 Å². The van der Waals surface area contributed by atoms with Crippen molar-refractivity contribution in [1.82, 2.24) is 4.90 Å². The van der Waals surface area contributed by atoms with Crippen LogP contribution in [-0.2, 0) is 4.79 Å². The van der Waals surface area contributed by atoms with E-state index in [1.165, 1.54) is 0 Å². The van der Waals surface area contributed by atoms with Crippen molar-refractivity contribution in [2.75, 3.05) is 6.54 Å². The second kappa shape index (κ2) is 5.49. The lowest BCUT2D eigenvalue weighted by Crippen LogP contribution is -2.40. The van der Waals surface area contributed by atoms with E-state index in [4.69, 9.17) is 15.2 Å². The molecular formula is C9H18BNO4. The molecule has 1 aliphatic rings. The molecule has 1 fully saturated rings. The lowest BCUT2D eigenvalue weighted by atomic mass is 9.84. The summed E-state index contributed by atoms with van der Waals surface area (Å²) in [5, 5.41) is 26.3. The summed E-state index contributed by atoms with van der Waals surface area (Å²) in [6.45, 7) is 2.63. The number of aliphatic carboxylic acids is 1. The van der Waals surface area contributed by atoms with Gasteiger partial charge in [0.1, 0.15) is 6.04 Å². The molecule has 3 N–H and O–H groups in total. The van der Waals surface area contributed by atoms with Crippen LogP contribution in [0.15, 0.2) is 0 Å². The number of carbonyl (C=O) groups is 1. The average Bonchev–Trinajstić information content (AvgIpc) is 2.47. The average molecular weight is 215 g/mol. The molecular weight excluding hydrogens is 197 g/mol. The summed E-state index contributed by atoms with van der Waals surface area (Å²) in [7, 11) is -1.29. The minimum Gasteiger partial charge on any atom is -0.480 e. The summed E-state index contributed by atoms with van der Waals surface area (Å²) in [6, 6.07) is -0.113. The minimum atomic E-state index is -1.29. The maximum absolute atomic E-state index is 10.9. The van der Waals surface area contributed by atoms with E-state index >= 15 is 0 Å². The molecule has 1 aliphatic heterocycles. The summed E-state index contributed by atoms with van der Waals surface area (Å²) < 4.78 is 0. The highest BCUT2D eigenvalue weighted by molar-refractivity contribution is 6.40. The van der Waals surface area contributed by atoms with Crippen molar-refractivity contribution >= 4 is 13.1 Å². The van der Waals surface area contributed by atoms with Crippen molar-refractivity contribution in [3.8, 4) is 0 Å². The Hall–Kier alpha value is -0.585. The third kappa shape index (κ3) is 3.48. The van der Waals surface area contributed by atoms with Gasteiger partial charge in [0.2, 0.25) is 0 Å².